The van der Waals surface area contributed by atoms with Crippen LogP contribution < -0.4 is 10.6 Å². The Balaban J connectivity index is 0.00000338. The van der Waals surface area contributed by atoms with Gasteiger partial charge in [-0.1, -0.05) is 15.9 Å². The molecule has 1 aliphatic rings. The van der Waals surface area contributed by atoms with Crippen molar-refractivity contribution in [2.45, 2.75) is 25.8 Å². The summed E-state index contributed by atoms with van der Waals surface area (Å²) >= 11 is 3.42. The average molecular weight is 544 g/mol. The van der Waals surface area contributed by atoms with E-state index in [-0.39, 0.29) is 29.8 Å². The molecule has 0 unspecified atom stereocenters. The Bertz CT molecular complexity index is 557. The van der Waals surface area contributed by atoms with Crippen molar-refractivity contribution in [1.29, 1.82) is 0 Å². The van der Waals surface area contributed by atoms with Gasteiger partial charge in [0, 0.05) is 51.0 Å². The van der Waals surface area contributed by atoms with Crippen molar-refractivity contribution < 1.29 is 13.9 Å². The van der Waals surface area contributed by atoms with Crippen molar-refractivity contribution in [1.82, 2.24) is 10.6 Å². The van der Waals surface area contributed by atoms with Crippen LogP contribution in [-0.4, -0.2) is 46.0 Å². The van der Waals surface area contributed by atoms with Gasteiger partial charge >= 0.3 is 0 Å². The molecule has 1 saturated heterocycles. The molecule has 8 heteroatoms. The summed E-state index contributed by atoms with van der Waals surface area (Å²) in [7, 11) is 1.72. The van der Waals surface area contributed by atoms with E-state index < -0.39 is 0 Å². The molecule has 0 aromatic heterocycles. The minimum absolute atomic E-state index is 0. The van der Waals surface area contributed by atoms with Crippen LogP contribution in [0.25, 0.3) is 0 Å². The molecule has 1 aromatic rings. The average Bonchev–Trinajstić information content (AvgIpc) is 2.64. The molecule has 1 aliphatic heterocycles. The van der Waals surface area contributed by atoms with Gasteiger partial charge in [-0.25, -0.2) is 4.39 Å². The summed E-state index contributed by atoms with van der Waals surface area (Å²) in [6.07, 6.45) is 3.11. The number of guanidine groups is 1. The normalized spacial score (nSPS) is 15.4. The van der Waals surface area contributed by atoms with Crippen molar-refractivity contribution in [2.24, 2.45) is 10.9 Å². The quantitative estimate of drug-likeness (QED) is 0.227. The fourth-order valence-electron chi connectivity index (χ4n) is 2.62. The van der Waals surface area contributed by atoms with E-state index in [0.717, 1.165) is 62.3 Å². The van der Waals surface area contributed by atoms with E-state index in [2.05, 4.69) is 31.6 Å². The summed E-state index contributed by atoms with van der Waals surface area (Å²) in [6, 6.07) is 4.65. The van der Waals surface area contributed by atoms with Gasteiger partial charge in [-0.15, -0.1) is 24.0 Å². The summed E-state index contributed by atoms with van der Waals surface area (Å²) in [5, 5.41) is 6.43. The molecule has 0 aliphatic carbocycles. The number of benzene rings is 1. The molecule has 2 N–H and O–H groups in total. The third-order valence-corrected chi connectivity index (χ3v) is 4.90. The number of ether oxygens (including phenoxy) is 2. The van der Waals surface area contributed by atoms with Gasteiger partial charge in [-0.2, -0.15) is 0 Å². The first-order valence-corrected chi connectivity index (χ1v) is 9.52. The van der Waals surface area contributed by atoms with E-state index in [9.17, 15) is 4.39 Å². The van der Waals surface area contributed by atoms with E-state index >= 15 is 0 Å². The predicted octanol–water partition coefficient (Wildman–Crippen LogP) is 3.70. The highest BCUT2D eigenvalue weighted by Crippen LogP contribution is 2.17. The van der Waals surface area contributed by atoms with Gasteiger partial charge in [-0.3, -0.25) is 4.99 Å². The van der Waals surface area contributed by atoms with Gasteiger partial charge < -0.3 is 20.1 Å². The van der Waals surface area contributed by atoms with Crippen molar-refractivity contribution >= 4 is 45.9 Å². The second-order valence-electron chi connectivity index (χ2n) is 6.07. The summed E-state index contributed by atoms with van der Waals surface area (Å²) in [5.41, 5.74) is 0.850. The van der Waals surface area contributed by atoms with E-state index in [1.54, 1.807) is 13.1 Å². The summed E-state index contributed by atoms with van der Waals surface area (Å²) in [4.78, 5) is 4.18. The van der Waals surface area contributed by atoms with Crippen molar-refractivity contribution in [3.05, 3.63) is 34.1 Å². The van der Waals surface area contributed by atoms with Crippen LogP contribution in [0.3, 0.4) is 0 Å². The molecule has 0 spiro atoms. The standard InChI is InChI=1S/C18H27BrFN3O2.HI/c1-21-18(23-12-15-11-16(20)3-4-17(15)19)22-7-2-8-25-13-14-5-9-24-10-6-14;/h3-4,11,14H,2,5-10,12-13H2,1H3,(H2,21,22,23);1H. The Morgan fingerprint density at radius 2 is 2.12 bits per heavy atom. The number of nitrogens with one attached hydrogen (secondary N) is 2. The van der Waals surface area contributed by atoms with Crippen LogP contribution in [0.5, 0.6) is 0 Å². The zero-order valence-electron chi connectivity index (χ0n) is 15.1. The zero-order valence-corrected chi connectivity index (χ0v) is 19.0. The van der Waals surface area contributed by atoms with Gasteiger partial charge in [0.15, 0.2) is 5.96 Å². The molecule has 1 fully saturated rings. The minimum atomic E-state index is -0.246. The first-order chi connectivity index (χ1) is 12.2. The maximum atomic E-state index is 13.3. The van der Waals surface area contributed by atoms with Crippen molar-refractivity contribution in [2.75, 3.05) is 40.0 Å². The Kier molecular flexibility index (Phi) is 12.4. The lowest BCUT2D eigenvalue weighted by Gasteiger charge is -2.21. The molecule has 0 saturated carbocycles. The highest BCUT2D eigenvalue weighted by atomic mass is 127. The van der Waals surface area contributed by atoms with Crippen LogP contribution >= 0.6 is 39.9 Å². The SMILES string of the molecule is CN=C(NCCCOCC1CCOCC1)NCc1cc(F)ccc1Br.I. The van der Waals surface area contributed by atoms with E-state index in [1.165, 1.54) is 12.1 Å². The second kappa shape index (κ2) is 13.7. The van der Waals surface area contributed by atoms with E-state index in [4.69, 9.17) is 9.47 Å². The number of aliphatic imine (C=N–C) groups is 1. The summed E-state index contributed by atoms with van der Waals surface area (Å²) in [5.74, 6) is 1.09. The lowest BCUT2D eigenvalue weighted by atomic mass is 10.0. The third kappa shape index (κ3) is 8.96. The molecule has 1 heterocycles. The van der Waals surface area contributed by atoms with E-state index in [0.29, 0.717) is 18.4 Å². The number of hydrogen-bond acceptors (Lipinski definition) is 3. The minimum Gasteiger partial charge on any atom is -0.381 e. The summed E-state index contributed by atoms with van der Waals surface area (Å²) < 4.78 is 25.3. The molecule has 5 nitrogen and oxygen atoms in total. The van der Waals surface area contributed by atoms with Crippen LogP contribution in [0.1, 0.15) is 24.8 Å². The fraction of sp³-hybridized carbons (Fsp3) is 0.611. The lowest BCUT2D eigenvalue weighted by molar-refractivity contribution is 0.0203. The number of hydrogen-bond donors (Lipinski definition) is 2. The Morgan fingerprint density at radius 3 is 2.85 bits per heavy atom. The Hall–Kier alpha value is -0.450. The highest BCUT2D eigenvalue weighted by Gasteiger charge is 2.13. The molecular weight excluding hydrogens is 516 g/mol. The Morgan fingerprint density at radius 1 is 1.35 bits per heavy atom. The van der Waals surface area contributed by atoms with Crippen LogP contribution in [0.15, 0.2) is 27.7 Å². The molecule has 0 bridgehead atoms. The molecule has 0 amide bonds. The first-order valence-electron chi connectivity index (χ1n) is 8.73. The molecule has 0 radical (unpaired) electrons. The van der Waals surface area contributed by atoms with Crippen molar-refractivity contribution in [3.63, 3.8) is 0 Å². The van der Waals surface area contributed by atoms with E-state index in [1.807, 2.05) is 0 Å². The number of halogens is 3. The van der Waals surface area contributed by atoms with Gasteiger partial charge in [-0.05, 0) is 48.9 Å². The van der Waals surface area contributed by atoms with Crippen LogP contribution in [0.2, 0.25) is 0 Å². The van der Waals surface area contributed by atoms with Crippen LogP contribution in [0, 0.1) is 11.7 Å². The predicted molar refractivity (Wildman–Crippen MR) is 117 cm³/mol. The third-order valence-electron chi connectivity index (χ3n) is 4.13. The monoisotopic (exact) mass is 543 g/mol. The summed E-state index contributed by atoms with van der Waals surface area (Å²) in [6.45, 7) is 4.55. The molecule has 0 atom stereocenters. The second-order valence-corrected chi connectivity index (χ2v) is 6.93. The lowest BCUT2D eigenvalue weighted by Crippen LogP contribution is -2.37. The highest BCUT2D eigenvalue weighted by molar-refractivity contribution is 14.0. The first kappa shape index (κ1) is 23.6. The fourth-order valence-corrected chi connectivity index (χ4v) is 3.01. The zero-order chi connectivity index (χ0) is 17.9. The number of nitrogens with zero attached hydrogens (tertiary/aromatic N) is 1. The van der Waals surface area contributed by atoms with Gasteiger partial charge in [0.05, 0.1) is 0 Å². The molecule has 26 heavy (non-hydrogen) atoms. The van der Waals surface area contributed by atoms with Crippen LogP contribution in [0.4, 0.5) is 4.39 Å². The molecular formula is C18H28BrFIN3O2. The van der Waals surface area contributed by atoms with Crippen molar-refractivity contribution in [3.8, 4) is 0 Å². The maximum absolute atomic E-state index is 13.3. The van der Waals surface area contributed by atoms with Crippen LogP contribution in [-0.2, 0) is 16.0 Å². The smallest absolute Gasteiger partial charge is 0.191 e. The largest absolute Gasteiger partial charge is 0.381 e. The van der Waals surface area contributed by atoms with Gasteiger partial charge in [0.25, 0.3) is 0 Å². The van der Waals surface area contributed by atoms with Gasteiger partial charge in [0.2, 0.25) is 0 Å². The van der Waals surface area contributed by atoms with Gasteiger partial charge in [0.1, 0.15) is 5.82 Å². The maximum Gasteiger partial charge on any atom is 0.191 e. The Labute approximate surface area is 180 Å². The topological polar surface area (TPSA) is 54.9 Å². The molecule has 2 rings (SSSR count). The molecule has 148 valence electrons. The number of rotatable bonds is 8. The molecule has 1 aromatic carbocycles.